The van der Waals surface area contributed by atoms with Crippen LogP contribution in [-0.4, -0.2) is 16.0 Å². The van der Waals surface area contributed by atoms with E-state index in [1.807, 2.05) is 12.4 Å². The number of pyridine rings is 1. The topological polar surface area (TPSA) is 54.7 Å². The van der Waals surface area contributed by atoms with Crippen LogP contribution in [0, 0.1) is 5.92 Å². The van der Waals surface area contributed by atoms with E-state index in [1.54, 1.807) is 0 Å². The van der Waals surface area contributed by atoms with Gasteiger partial charge >= 0.3 is 0 Å². The first-order valence-electron chi connectivity index (χ1n) is 6.93. The highest BCUT2D eigenvalue weighted by Gasteiger charge is 2.25. The van der Waals surface area contributed by atoms with Crippen molar-refractivity contribution >= 4 is 11.0 Å². The molecule has 1 aliphatic rings. The number of nitrogens with two attached hydrogens (primary N) is 1. The van der Waals surface area contributed by atoms with E-state index in [9.17, 15) is 0 Å². The minimum atomic E-state index is 0.343. The lowest BCUT2D eigenvalue weighted by Gasteiger charge is -2.31. The molecule has 2 aromatic heterocycles. The molecule has 0 aromatic carbocycles. The van der Waals surface area contributed by atoms with Crippen LogP contribution in [0.25, 0.3) is 11.0 Å². The first kappa shape index (κ1) is 11.7. The Bertz CT molecular complexity index is 521. The van der Waals surface area contributed by atoms with Crippen LogP contribution in [0.15, 0.2) is 24.5 Å². The van der Waals surface area contributed by atoms with E-state index in [-0.39, 0.29) is 0 Å². The highest BCUT2D eigenvalue weighted by atomic mass is 14.8. The molecule has 1 saturated carbocycles. The van der Waals surface area contributed by atoms with Crippen molar-refractivity contribution in [3.05, 3.63) is 30.1 Å². The zero-order valence-corrected chi connectivity index (χ0v) is 10.9. The van der Waals surface area contributed by atoms with Gasteiger partial charge in [0, 0.05) is 23.8 Å². The maximum Gasteiger partial charge on any atom is 0.137 e. The Morgan fingerprint density at radius 3 is 2.78 bits per heavy atom. The van der Waals surface area contributed by atoms with Gasteiger partial charge in [0.15, 0.2) is 0 Å². The smallest absolute Gasteiger partial charge is 0.137 e. The number of hydrogen-bond acceptors (Lipinski definition) is 2. The minimum Gasteiger partial charge on any atom is -0.346 e. The summed E-state index contributed by atoms with van der Waals surface area (Å²) in [5, 5.41) is 1.29. The molecule has 0 spiro atoms. The quantitative estimate of drug-likeness (QED) is 0.851. The maximum atomic E-state index is 6.01. The largest absolute Gasteiger partial charge is 0.346 e. The molecule has 1 aliphatic carbocycles. The van der Waals surface area contributed by atoms with Crippen LogP contribution >= 0.6 is 0 Å². The lowest BCUT2D eigenvalue weighted by atomic mass is 9.76. The normalized spacial score (nSPS) is 26.3. The highest BCUT2D eigenvalue weighted by molar-refractivity contribution is 5.79. The summed E-state index contributed by atoms with van der Waals surface area (Å²) in [6.07, 6.45) is 8.95. The summed E-state index contributed by atoms with van der Waals surface area (Å²) in [6, 6.07) is 4.68. The Balaban J connectivity index is 1.82. The van der Waals surface area contributed by atoms with Gasteiger partial charge in [-0.3, -0.25) is 0 Å². The molecule has 0 saturated heterocycles. The van der Waals surface area contributed by atoms with Crippen molar-refractivity contribution in [2.45, 2.75) is 44.6 Å². The zero-order valence-electron chi connectivity index (χ0n) is 10.9. The van der Waals surface area contributed by atoms with Gasteiger partial charge in [-0.2, -0.15) is 0 Å². The molecule has 3 N–H and O–H groups in total. The summed E-state index contributed by atoms with van der Waals surface area (Å²) in [5.74, 6) is 1.39. The lowest BCUT2D eigenvalue weighted by molar-refractivity contribution is 0.292. The summed E-state index contributed by atoms with van der Waals surface area (Å²) in [7, 11) is 0. The monoisotopic (exact) mass is 243 g/mol. The predicted octanol–water partition coefficient (Wildman–Crippen LogP) is 3.18. The number of aromatic nitrogens is 2. The van der Waals surface area contributed by atoms with Crippen LogP contribution in [0.2, 0.25) is 0 Å². The van der Waals surface area contributed by atoms with Gasteiger partial charge in [-0.25, -0.2) is 4.98 Å². The third-order valence-corrected chi connectivity index (χ3v) is 4.45. The third-order valence-electron chi connectivity index (χ3n) is 4.45. The molecule has 96 valence electrons. The summed E-state index contributed by atoms with van der Waals surface area (Å²) in [6.45, 7) is 2.14. The SMILES string of the molecule is CC(N)C1CCC(c2ccnc3[nH]ccc23)CC1. The molecule has 2 aromatic rings. The predicted molar refractivity (Wildman–Crippen MR) is 74.4 cm³/mol. The third kappa shape index (κ3) is 2.03. The standard InChI is InChI=1S/C15H21N3/c1-10(16)11-2-4-12(5-3-11)13-6-8-17-15-14(13)7-9-18-15/h6-12H,2-5,16H2,1H3,(H,17,18). The van der Waals surface area contributed by atoms with Crippen molar-refractivity contribution in [2.24, 2.45) is 11.7 Å². The number of rotatable bonds is 2. The summed E-state index contributed by atoms with van der Waals surface area (Å²) >= 11 is 0. The second-order valence-corrected chi connectivity index (χ2v) is 5.61. The molecule has 3 rings (SSSR count). The van der Waals surface area contributed by atoms with E-state index in [1.165, 1.54) is 36.6 Å². The summed E-state index contributed by atoms with van der Waals surface area (Å²) < 4.78 is 0. The fourth-order valence-electron chi connectivity index (χ4n) is 3.29. The van der Waals surface area contributed by atoms with E-state index in [4.69, 9.17) is 5.73 Å². The highest BCUT2D eigenvalue weighted by Crippen LogP contribution is 2.38. The number of nitrogens with one attached hydrogen (secondary N) is 1. The van der Waals surface area contributed by atoms with Crippen molar-refractivity contribution in [3.63, 3.8) is 0 Å². The van der Waals surface area contributed by atoms with Gasteiger partial charge in [0.05, 0.1) is 0 Å². The molecule has 3 heteroatoms. The molecular weight excluding hydrogens is 222 g/mol. The van der Waals surface area contributed by atoms with Gasteiger partial charge < -0.3 is 10.7 Å². The molecule has 0 bridgehead atoms. The average Bonchev–Trinajstić information content (AvgIpc) is 2.87. The molecule has 1 atom stereocenters. The average molecular weight is 243 g/mol. The first-order chi connectivity index (χ1) is 8.75. The van der Waals surface area contributed by atoms with Gasteiger partial charge in [0.2, 0.25) is 0 Å². The van der Waals surface area contributed by atoms with E-state index >= 15 is 0 Å². The Hall–Kier alpha value is -1.35. The van der Waals surface area contributed by atoms with Crippen molar-refractivity contribution in [1.29, 1.82) is 0 Å². The summed E-state index contributed by atoms with van der Waals surface area (Å²) in [5.41, 5.74) is 8.49. The minimum absolute atomic E-state index is 0.343. The van der Waals surface area contributed by atoms with Crippen LogP contribution in [-0.2, 0) is 0 Å². The van der Waals surface area contributed by atoms with Gasteiger partial charge in [0.1, 0.15) is 5.65 Å². The second-order valence-electron chi connectivity index (χ2n) is 5.61. The molecule has 0 amide bonds. The van der Waals surface area contributed by atoms with E-state index < -0.39 is 0 Å². The van der Waals surface area contributed by atoms with Crippen LogP contribution < -0.4 is 5.73 Å². The van der Waals surface area contributed by atoms with E-state index in [2.05, 4.69) is 29.0 Å². The van der Waals surface area contributed by atoms with Crippen molar-refractivity contribution in [3.8, 4) is 0 Å². The Labute approximate surface area is 108 Å². The number of nitrogens with zero attached hydrogens (tertiary/aromatic N) is 1. The summed E-state index contributed by atoms with van der Waals surface area (Å²) in [4.78, 5) is 7.56. The van der Waals surface area contributed by atoms with Gasteiger partial charge in [-0.15, -0.1) is 0 Å². The molecule has 3 nitrogen and oxygen atoms in total. The van der Waals surface area contributed by atoms with Crippen LogP contribution in [0.4, 0.5) is 0 Å². The van der Waals surface area contributed by atoms with E-state index in [0.29, 0.717) is 17.9 Å². The molecule has 18 heavy (non-hydrogen) atoms. The van der Waals surface area contributed by atoms with Gasteiger partial charge in [0.25, 0.3) is 0 Å². The molecule has 0 radical (unpaired) electrons. The molecular formula is C15H21N3. The maximum absolute atomic E-state index is 6.01. The molecule has 0 aliphatic heterocycles. The Morgan fingerprint density at radius 1 is 1.28 bits per heavy atom. The zero-order chi connectivity index (χ0) is 12.5. The number of fused-ring (bicyclic) bond motifs is 1. The van der Waals surface area contributed by atoms with Gasteiger partial charge in [-0.05, 0) is 62.1 Å². The fourth-order valence-corrected chi connectivity index (χ4v) is 3.29. The molecule has 2 heterocycles. The molecule has 1 fully saturated rings. The lowest BCUT2D eigenvalue weighted by Crippen LogP contribution is -2.29. The number of hydrogen-bond donors (Lipinski definition) is 2. The van der Waals surface area contributed by atoms with Gasteiger partial charge in [-0.1, -0.05) is 0 Å². The fraction of sp³-hybridized carbons (Fsp3) is 0.533. The van der Waals surface area contributed by atoms with Crippen molar-refractivity contribution < 1.29 is 0 Å². The van der Waals surface area contributed by atoms with Crippen molar-refractivity contribution in [1.82, 2.24) is 9.97 Å². The van der Waals surface area contributed by atoms with Crippen LogP contribution in [0.3, 0.4) is 0 Å². The van der Waals surface area contributed by atoms with E-state index in [0.717, 1.165) is 5.65 Å². The Morgan fingerprint density at radius 2 is 2.06 bits per heavy atom. The first-order valence-corrected chi connectivity index (χ1v) is 6.93. The second kappa shape index (κ2) is 4.73. The van der Waals surface area contributed by atoms with Crippen LogP contribution in [0.1, 0.15) is 44.1 Å². The van der Waals surface area contributed by atoms with Crippen LogP contribution in [0.5, 0.6) is 0 Å². The van der Waals surface area contributed by atoms with Crippen molar-refractivity contribution in [2.75, 3.05) is 0 Å². The number of H-pyrrole nitrogens is 1. The number of aromatic amines is 1. The molecule has 1 unspecified atom stereocenters. The Kier molecular flexibility index (Phi) is 3.08.